The van der Waals surface area contributed by atoms with Crippen LogP contribution in [0.15, 0.2) is 48.5 Å². The SMILES string of the molecule is CC#CCOS(=O)OC(C)COc1ccc(-c2ccccc2)cc1Cl. The van der Waals surface area contributed by atoms with E-state index in [0.29, 0.717) is 10.8 Å². The Hall–Kier alpha value is -1.84. The quantitative estimate of drug-likeness (QED) is 0.638. The Kier molecular flexibility index (Phi) is 7.96. The Morgan fingerprint density at radius 1 is 1.16 bits per heavy atom. The first-order valence-corrected chi connectivity index (χ1v) is 9.07. The van der Waals surface area contributed by atoms with Crippen molar-refractivity contribution in [3.63, 3.8) is 0 Å². The fourth-order valence-electron chi connectivity index (χ4n) is 1.97. The molecule has 132 valence electrons. The summed E-state index contributed by atoms with van der Waals surface area (Å²) in [6.45, 7) is 3.66. The van der Waals surface area contributed by atoms with Gasteiger partial charge in [-0.25, -0.2) is 0 Å². The molecule has 0 saturated heterocycles. The predicted octanol–water partition coefficient (Wildman–Crippen LogP) is 4.41. The molecule has 0 heterocycles. The molecular weight excluding hydrogens is 360 g/mol. The topological polar surface area (TPSA) is 44.8 Å². The van der Waals surface area contributed by atoms with E-state index in [1.165, 1.54) is 0 Å². The normalized spacial score (nSPS) is 12.8. The van der Waals surface area contributed by atoms with Crippen LogP contribution in [0.4, 0.5) is 0 Å². The monoisotopic (exact) mass is 378 g/mol. The van der Waals surface area contributed by atoms with Gasteiger partial charge >= 0.3 is 11.4 Å². The Morgan fingerprint density at radius 3 is 2.60 bits per heavy atom. The zero-order valence-electron chi connectivity index (χ0n) is 14.0. The summed E-state index contributed by atoms with van der Waals surface area (Å²) in [5.41, 5.74) is 2.09. The number of rotatable bonds is 8. The Morgan fingerprint density at radius 2 is 1.92 bits per heavy atom. The van der Waals surface area contributed by atoms with E-state index in [0.717, 1.165) is 11.1 Å². The molecule has 4 nitrogen and oxygen atoms in total. The number of hydrogen-bond acceptors (Lipinski definition) is 4. The van der Waals surface area contributed by atoms with Crippen LogP contribution in [-0.4, -0.2) is 23.5 Å². The highest BCUT2D eigenvalue weighted by molar-refractivity contribution is 7.75. The average Bonchev–Trinajstić information content (AvgIpc) is 2.61. The second-order valence-electron chi connectivity index (χ2n) is 5.12. The lowest BCUT2D eigenvalue weighted by Crippen LogP contribution is -2.20. The van der Waals surface area contributed by atoms with Gasteiger partial charge in [0.25, 0.3) is 0 Å². The molecule has 6 heteroatoms. The van der Waals surface area contributed by atoms with Gasteiger partial charge in [-0.3, -0.25) is 8.37 Å². The maximum absolute atomic E-state index is 11.5. The molecule has 0 bridgehead atoms. The van der Waals surface area contributed by atoms with Gasteiger partial charge in [0, 0.05) is 0 Å². The molecule has 0 saturated carbocycles. The smallest absolute Gasteiger partial charge is 0.305 e. The van der Waals surface area contributed by atoms with Crippen molar-refractivity contribution in [2.45, 2.75) is 20.0 Å². The van der Waals surface area contributed by atoms with Crippen LogP contribution in [0.1, 0.15) is 13.8 Å². The molecule has 0 aliphatic carbocycles. The minimum absolute atomic E-state index is 0.0590. The minimum Gasteiger partial charge on any atom is -0.489 e. The molecule has 2 atom stereocenters. The van der Waals surface area contributed by atoms with E-state index >= 15 is 0 Å². The Balaban J connectivity index is 1.88. The van der Waals surface area contributed by atoms with Gasteiger partial charge in [-0.15, -0.1) is 5.92 Å². The number of ether oxygens (including phenoxy) is 1. The van der Waals surface area contributed by atoms with Crippen molar-refractivity contribution in [2.24, 2.45) is 0 Å². The second kappa shape index (κ2) is 10.2. The molecule has 0 radical (unpaired) electrons. The van der Waals surface area contributed by atoms with Crippen molar-refractivity contribution >= 4 is 23.0 Å². The first-order chi connectivity index (χ1) is 12.1. The molecule has 0 aromatic heterocycles. The maximum Gasteiger partial charge on any atom is 0.305 e. The molecule has 2 aromatic rings. The zero-order chi connectivity index (χ0) is 18.1. The summed E-state index contributed by atoms with van der Waals surface area (Å²) in [4.78, 5) is 0. The van der Waals surface area contributed by atoms with Crippen LogP contribution >= 0.6 is 11.6 Å². The lowest BCUT2D eigenvalue weighted by molar-refractivity contribution is 0.139. The van der Waals surface area contributed by atoms with Crippen LogP contribution in [0.5, 0.6) is 5.75 Å². The number of benzene rings is 2. The lowest BCUT2D eigenvalue weighted by Gasteiger charge is -2.14. The minimum atomic E-state index is -1.86. The van der Waals surface area contributed by atoms with E-state index < -0.39 is 17.5 Å². The van der Waals surface area contributed by atoms with Crippen molar-refractivity contribution in [3.8, 4) is 28.7 Å². The van der Waals surface area contributed by atoms with Crippen molar-refractivity contribution in [1.82, 2.24) is 0 Å². The lowest BCUT2D eigenvalue weighted by atomic mass is 10.1. The van der Waals surface area contributed by atoms with Crippen LogP contribution < -0.4 is 4.74 Å². The molecule has 0 N–H and O–H groups in total. The molecule has 0 amide bonds. The number of halogens is 1. The highest BCUT2D eigenvalue weighted by atomic mass is 35.5. The molecular formula is C19H19ClO4S. The van der Waals surface area contributed by atoms with E-state index in [2.05, 4.69) is 11.8 Å². The highest BCUT2D eigenvalue weighted by Crippen LogP contribution is 2.30. The standard InChI is InChI=1S/C19H19ClO4S/c1-3-4-12-23-25(21)24-15(2)14-22-19-11-10-17(13-18(19)20)16-8-6-5-7-9-16/h5-11,13,15H,12,14H2,1-2H3. The summed E-state index contributed by atoms with van der Waals surface area (Å²) in [6.07, 6.45) is -0.430. The van der Waals surface area contributed by atoms with Crippen molar-refractivity contribution < 1.29 is 17.3 Å². The third-order valence-electron chi connectivity index (χ3n) is 3.16. The highest BCUT2D eigenvalue weighted by Gasteiger charge is 2.11. The van der Waals surface area contributed by atoms with Crippen LogP contribution in [0.25, 0.3) is 11.1 Å². The molecule has 0 aliphatic rings. The van der Waals surface area contributed by atoms with Crippen LogP contribution in [-0.2, 0) is 19.7 Å². The molecule has 2 unspecified atom stereocenters. The third-order valence-corrected chi connectivity index (χ3v) is 4.25. The van der Waals surface area contributed by atoms with Gasteiger partial charge in [0.15, 0.2) is 0 Å². The summed E-state index contributed by atoms with van der Waals surface area (Å²) >= 11 is 4.43. The van der Waals surface area contributed by atoms with Gasteiger partial charge in [0.05, 0.1) is 5.02 Å². The summed E-state index contributed by atoms with van der Waals surface area (Å²) in [5, 5.41) is 0.504. The predicted molar refractivity (Wildman–Crippen MR) is 100 cm³/mol. The van der Waals surface area contributed by atoms with Gasteiger partial charge in [-0.2, -0.15) is 4.21 Å². The van der Waals surface area contributed by atoms with Crippen molar-refractivity contribution in [3.05, 3.63) is 53.6 Å². The van der Waals surface area contributed by atoms with Gasteiger partial charge in [-0.05, 0) is 37.1 Å². The van der Waals surface area contributed by atoms with Gasteiger partial charge in [0.2, 0.25) is 0 Å². The van der Waals surface area contributed by atoms with Crippen LogP contribution in [0.2, 0.25) is 5.02 Å². The van der Waals surface area contributed by atoms with Crippen molar-refractivity contribution in [1.29, 1.82) is 0 Å². The van der Waals surface area contributed by atoms with Gasteiger partial charge in [0.1, 0.15) is 25.1 Å². The van der Waals surface area contributed by atoms with Gasteiger partial charge in [-0.1, -0.05) is 53.9 Å². The third kappa shape index (κ3) is 6.52. The summed E-state index contributed by atoms with van der Waals surface area (Å²) < 4.78 is 27.2. The largest absolute Gasteiger partial charge is 0.489 e. The second-order valence-corrected chi connectivity index (χ2v) is 6.37. The molecule has 0 fully saturated rings. The summed E-state index contributed by atoms with van der Waals surface area (Å²) in [6, 6.07) is 15.5. The molecule has 2 aromatic carbocycles. The van der Waals surface area contributed by atoms with Crippen LogP contribution in [0.3, 0.4) is 0 Å². The van der Waals surface area contributed by atoms with Crippen molar-refractivity contribution in [2.75, 3.05) is 13.2 Å². The number of hydrogen-bond donors (Lipinski definition) is 0. The fourth-order valence-corrected chi connectivity index (χ4v) is 2.74. The summed E-state index contributed by atoms with van der Waals surface area (Å²) in [5.74, 6) is 5.83. The molecule has 0 spiro atoms. The summed E-state index contributed by atoms with van der Waals surface area (Å²) in [7, 11) is 0. The van der Waals surface area contributed by atoms with Crippen LogP contribution in [0, 0.1) is 11.8 Å². The maximum atomic E-state index is 11.5. The first kappa shape index (κ1) is 19.5. The van der Waals surface area contributed by atoms with E-state index in [1.807, 2.05) is 48.5 Å². The van der Waals surface area contributed by atoms with E-state index in [4.69, 9.17) is 24.7 Å². The first-order valence-electron chi connectivity index (χ1n) is 7.69. The molecule has 0 aliphatic heterocycles. The van der Waals surface area contributed by atoms with E-state index in [-0.39, 0.29) is 13.2 Å². The zero-order valence-corrected chi connectivity index (χ0v) is 15.6. The molecule has 2 rings (SSSR count). The van der Waals surface area contributed by atoms with Gasteiger partial charge < -0.3 is 4.74 Å². The Labute approximate surface area is 155 Å². The molecule has 25 heavy (non-hydrogen) atoms. The Bertz CT molecular complexity index is 768. The average molecular weight is 379 g/mol. The fraction of sp³-hybridized carbons (Fsp3) is 0.263. The van der Waals surface area contributed by atoms with E-state index in [9.17, 15) is 4.21 Å². The van der Waals surface area contributed by atoms with E-state index in [1.54, 1.807) is 13.8 Å².